The van der Waals surface area contributed by atoms with Gasteiger partial charge >= 0.3 is 5.97 Å². The number of carbonyl (C=O) groups excluding carboxylic acids is 1. The van der Waals surface area contributed by atoms with Gasteiger partial charge in [-0.15, -0.1) is 0 Å². The van der Waals surface area contributed by atoms with E-state index in [1.807, 2.05) is 6.92 Å². The lowest BCUT2D eigenvalue weighted by molar-refractivity contribution is -0.142. The Labute approximate surface area is 104 Å². The number of H-pyrrole nitrogens is 1. The summed E-state index contributed by atoms with van der Waals surface area (Å²) in [5.41, 5.74) is 0.355. The lowest BCUT2D eigenvalue weighted by Gasteiger charge is -2.28. The Balaban J connectivity index is 2.18. The van der Waals surface area contributed by atoms with Crippen molar-refractivity contribution < 1.29 is 19.4 Å². The molecule has 1 saturated heterocycles. The molecule has 0 aliphatic carbocycles. The Morgan fingerprint density at radius 1 is 1.61 bits per heavy atom. The van der Waals surface area contributed by atoms with Crippen molar-refractivity contribution in [2.45, 2.75) is 13.0 Å². The van der Waals surface area contributed by atoms with Crippen LogP contribution < -0.4 is 0 Å². The largest absolute Gasteiger partial charge is 0.481 e. The highest BCUT2D eigenvalue weighted by Gasteiger charge is 2.39. The molecule has 0 spiro atoms. The normalized spacial score (nSPS) is 22.9. The summed E-state index contributed by atoms with van der Waals surface area (Å²) < 4.78 is 5.18. The van der Waals surface area contributed by atoms with Gasteiger partial charge in [-0.3, -0.25) is 14.7 Å². The van der Waals surface area contributed by atoms with Gasteiger partial charge in [-0.25, -0.2) is 0 Å². The number of aromatic amines is 1. The molecule has 1 aromatic heterocycles. The molecule has 18 heavy (non-hydrogen) atoms. The Morgan fingerprint density at radius 2 is 2.39 bits per heavy atom. The number of rotatable bonds is 4. The monoisotopic (exact) mass is 253 g/mol. The lowest BCUT2D eigenvalue weighted by atomic mass is 10.0. The molecule has 2 heterocycles. The van der Waals surface area contributed by atoms with Gasteiger partial charge in [-0.05, 0) is 13.0 Å². The van der Waals surface area contributed by atoms with E-state index in [1.54, 1.807) is 6.07 Å². The summed E-state index contributed by atoms with van der Waals surface area (Å²) >= 11 is 0. The topological polar surface area (TPSA) is 95.5 Å². The van der Waals surface area contributed by atoms with Crippen LogP contribution >= 0.6 is 0 Å². The second kappa shape index (κ2) is 5.18. The highest BCUT2D eigenvalue weighted by atomic mass is 16.5. The zero-order valence-electron chi connectivity index (χ0n) is 10.00. The molecule has 0 aromatic carbocycles. The summed E-state index contributed by atoms with van der Waals surface area (Å²) in [6.45, 7) is 2.64. The van der Waals surface area contributed by atoms with Crippen molar-refractivity contribution in [2.24, 2.45) is 5.92 Å². The van der Waals surface area contributed by atoms with Crippen LogP contribution in [0.3, 0.4) is 0 Å². The first-order chi connectivity index (χ1) is 8.65. The number of carboxylic acids is 1. The van der Waals surface area contributed by atoms with Crippen molar-refractivity contribution in [3.8, 4) is 0 Å². The number of ether oxygens (including phenoxy) is 1. The molecule has 7 heteroatoms. The van der Waals surface area contributed by atoms with Gasteiger partial charge in [0.1, 0.15) is 11.6 Å². The van der Waals surface area contributed by atoms with Gasteiger partial charge in [0.2, 0.25) is 0 Å². The fourth-order valence-electron chi connectivity index (χ4n) is 2.14. The Kier molecular flexibility index (Phi) is 3.61. The van der Waals surface area contributed by atoms with E-state index in [-0.39, 0.29) is 19.1 Å². The highest BCUT2D eigenvalue weighted by molar-refractivity contribution is 5.92. The second-order valence-electron chi connectivity index (χ2n) is 4.11. The van der Waals surface area contributed by atoms with E-state index in [4.69, 9.17) is 9.84 Å². The number of hydrogen-bond donors (Lipinski definition) is 2. The molecule has 0 saturated carbocycles. The van der Waals surface area contributed by atoms with Crippen molar-refractivity contribution in [3.63, 3.8) is 0 Å². The number of amides is 1. The number of likely N-dealkylation sites (N-methyl/N-ethyl adjacent to an activating group) is 1. The molecule has 2 rings (SSSR count). The van der Waals surface area contributed by atoms with E-state index in [9.17, 15) is 9.59 Å². The van der Waals surface area contributed by atoms with Gasteiger partial charge in [0, 0.05) is 12.7 Å². The maximum atomic E-state index is 12.2. The van der Waals surface area contributed by atoms with Gasteiger partial charge in [-0.2, -0.15) is 5.10 Å². The van der Waals surface area contributed by atoms with Crippen LogP contribution in [-0.4, -0.2) is 57.9 Å². The predicted molar refractivity (Wildman–Crippen MR) is 61.0 cm³/mol. The molecule has 0 bridgehead atoms. The maximum Gasteiger partial charge on any atom is 0.311 e. The Hall–Kier alpha value is -1.89. The minimum absolute atomic E-state index is 0.146. The number of nitrogens with one attached hydrogen (secondary N) is 1. The number of carbonyl (C=O) groups is 2. The Morgan fingerprint density at radius 3 is 2.94 bits per heavy atom. The molecule has 2 N–H and O–H groups in total. The number of hydrogen-bond acceptors (Lipinski definition) is 4. The van der Waals surface area contributed by atoms with Gasteiger partial charge < -0.3 is 14.7 Å². The van der Waals surface area contributed by atoms with E-state index in [0.717, 1.165) is 0 Å². The fourth-order valence-corrected chi connectivity index (χ4v) is 2.14. The van der Waals surface area contributed by atoms with Crippen LogP contribution in [0.15, 0.2) is 12.3 Å². The third kappa shape index (κ3) is 2.21. The molecule has 1 amide bonds. The van der Waals surface area contributed by atoms with Crippen molar-refractivity contribution >= 4 is 11.9 Å². The quantitative estimate of drug-likeness (QED) is 0.785. The van der Waals surface area contributed by atoms with Crippen molar-refractivity contribution in [3.05, 3.63) is 18.0 Å². The lowest BCUT2D eigenvalue weighted by Crippen LogP contribution is -2.46. The molecular formula is C11H15N3O4. The van der Waals surface area contributed by atoms with Crippen LogP contribution in [0.25, 0.3) is 0 Å². The summed E-state index contributed by atoms with van der Waals surface area (Å²) in [7, 11) is 0. The summed E-state index contributed by atoms with van der Waals surface area (Å²) in [6, 6.07) is 1.14. The maximum absolute atomic E-state index is 12.2. The fraction of sp³-hybridized carbons (Fsp3) is 0.545. The zero-order chi connectivity index (χ0) is 13.1. The summed E-state index contributed by atoms with van der Waals surface area (Å²) in [4.78, 5) is 24.8. The van der Waals surface area contributed by atoms with E-state index in [0.29, 0.717) is 12.2 Å². The average molecular weight is 253 g/mol. The number of nitrogens with zero attached hydrogens (tertiary/aromatic N) is 2. The smallest absolute Gasteiger partial charge is 0.311 e. The van der Waals surface area contributed by atoms with Crippen LogP contribution in [0.4, 0.5) is 0 Å². The standard InChI is InChI=1S/C11H15N3O4/c1-2-14(10(15)8-3-4-12-13-8)9-6-18-5-7(9)11(16)17/h3-4,7,9H,2,5-6H2,1H3,(H,12,13)(H,16,17). The van der Waals surface area contributed by atoms with E-state index in [1.165, 1.54) is 11.1 Å². The van der Waals surface area contributed by atoms with E-state index in [2.05, 4.69) is 10.2 Å². The summed E-state index contributed by atoms with van der Waals surface area (Å²) in [5.74, 6) is -1.86. The molecular weight excluding hydrogens is 238 g/mol. The average Bonchev–Trinajstić information content (AvgIpc) is 3.00. The van der Waals surface area contributed by atoms with Crippen LogP contribution in [0.5, 0.6) is 0 Å². The second-order valence-corrected chi connectivity index (χ2v) is 4.11. The molecule has 2 atom stereocenters. The highest BCUT2D eigenvalue weighted by Crippen LogP contribution is 2.21. The van der Waals surface area contributed by atoms with Gasteiger partial charge in [-0.1, -0.05) is 0 Å². The minimum Gasteiger partial charge on any atom is -0.481 e. The Bertz CT molecular complexity index is 432. The molecule has 2 unspecified atom stereocenters. The summed E-state index contributed by atoms with van der Waals surface area (Å²) in [5, 5.41) is 15.4. The molecule has 1 aliphatic rings. The van der Waals surface area contributed by atoms with Crippen LogP contribution in [0, 0.1) is 5.92 Å². The van der Waals surface area contributed by atoms with Gasteiger partial charge in [0.05, 0.1) is 19.3 Å². The predicted octanol–water partition coefficient (Wildman–Crippen LogP) is -0.0286. The van der Waals surface area contributed by atoms with Gasteiger partial charge in [0.25, 0.3) is 5.91 Å². The number of aromatic nitrogens is 2. The van der Waals surface area contributed by atoms with Crippen molar-refractivity contribution in [1.29, 1.82) is 0 Å². The number of carboxylic acid groups (broad SMARTS) is 1. The summed E-state index contributed by atoms with van der Waals surface area (Å²) in [6.07, 6.45) is 1.49. The molecule has 98 valence electrons. The third-order valence-corrected chi connectivity index (χ3v) is 3.10. The van der Waals surface area contributed by atoms with Gasteiger partial charge in [0.15, 0.2) is 0 Å². The van der Waals surface area contributed by atoms with E-state index < -0.39 is 17.9 Å². The molecule has 1 fully saturated rings. The van der Waals surface area contributed by atoms with Crippen LogP contribution in [0.2, 0.25) is 0 Å². The third-order valence-electron chi connectivity index (χ3n) is 3.10. The zero-order valence-corrected chi connectivity index (χ0v) is 10.00. The van der Waals surface area contributed by atoms with Crippen molar-refractivity contribution in [2.75, 3.05) is 19.8 Å². The first-order valence-electron chi connectivity index (χ1n) is 5.76. The molecule has 1 aromatic rings. The molecule has 7 nitrogen and oxygen atoms in total. The first kappa shape index (κ1) is 12.6. The first-order valence-corrected chi connectivity index (χ1v) is 5.76. The van der Waals surface area contributed by atoms with E-state index >= 15 is 0 Å². The SMILES string of the molecule is CCN(C(=O)c1ccn[nH]1)C1COCC1C(=O)O. The van der Waals surface area contributed by atoms with Crippen molar-refractivity contribution in [1.82, 2.24) is 15.1 Å². The molecule has 0 radical (unpaired) electrons. The number of aliphatic carboxylic acids is 1. The minimum atomic E-state index is -0.937. The van der Waals surface area contributed by atoms with Crippen LogP contribution in [-0.2, 0) is 9.53 Å². The molecule has 1 aliphatic heterocycles. The van der Waals surface area contributed by atoms with Crippen LogP contribution in [0.1, 0.15) is 17.4 Å².